The van der Waals surface area contributed by atoms with Crippen LogP contribution in [-0.2, 0) is 9.53 Å². The predicted octanol–water partition coefficient (Wildman–Crippen LogP) is 0.623. The molecule has 0 aromatic heterocycles. The van der Waals surface area contributed by atoms with Crippen LogP contribution in [0.3, 0.4) is 0 Å². The minimum absolute atomic E-state index is 0.189. The molecule has 0 bridgehead atoms. The van der Waals surface area contributed by atoms with E-state index in [-0.39, 0.29) is 5.92 Å². The average Bonchev–Trinajstić information content (AvgIpc) is 2.57. The maximum atomic E-state index is 12.2. The fourth-order valence-electron chi connectivity index (χ4n) is 2.43. The molecule has 2 rings (SSSR count). The average molecular weight is 226 g/mol. The van der Waals surface area contributed by atoms with Crippen molar-refractivity contribution in [1.82, 2.24) is 10.2 Å². The van der Waals surface area contributed by atoms with Gasteiger partial charge in [-0.15, -0.1) is 0 Å². The molecule has 0 aromatic carbocycles. The van der Waals surface area contributed by atoms with Crippen LogP contribution in [0.2, 0.25) is 0 Å². The summed E-state index contributed by atoms with van der Waals surface area (Å²) in [6.45, 7) is 6.15. The van der Waals surface area contributed by atoms with Crippen LogP contribution in [0.5, 0.6) is 0 Å². The van der Waals surface area contributed by atoms with Crippen LogP contribution in [0, 0.1) is 5.92 Å². The Morgan fingerprint density at radius 1 is 1.31 bits per heavy atom. The number of amides is 1. The topological polar surface area (TPSA) is 41.6 Å². The SMILES string of the molecule is CC1CCC(C(=O)N2CCCOCC2)CN1. The highest BCUT2D eigenvalue weighted by Gasteiger charge is 2.28. The van der Waals surface area contributed by atoms with Gasteiger partial charge in [0.1, 0.15) is 0 Å². The van der Waals surface area contributed by atoms with E-state index < -0.39 is 0 Å². The standard InChI is InChI=1S/C12H22N2O2/c1-10-3-4-11(9-13-10)12(15)14-5-2-7-16-8-6-14/h10-11,13H,2-9H2,1H3. The predicted molar refractivity (Wildman–Crippen MR) is 62.2 cm³/mol. The highest BCUT2D eigenvalue weighted by atomic mass is 16.5. The molecule has 2 saturated heterocycles. The van der Waals surface area contributed by atoms with Gasteiger partial charge in [-0.05, 0) is 26.2 Å². The van der Waals surface area contributed by atoms with Crippen LogP contribution in [-0.4, -0.2) is 49.7 Å². The van der Waals surface area contributed by atoms with Crippen molar-refractivity contribution in [3.05, 3.63) is 0 Å². The third-order valence-electron chi connectivity index (χ3n) is 3.54. The molecule has 2 heterocycles. The lowest BCUT2D eigenvalue weighted by Gasteiger charge is -2.31. The van der Waals surface area contributed by atoms with Gasteiger partial charge in [-0.3, -0.25) is 4.79 Å². The van der Waals surface area contributed by atoms with E-state index >= 15 is 0 Å². The second kappa shape index (κ2) is 5.64. The van der Waals surface area contributed by atoms with E-state index in [0.717, 1.165) is 45.5 Å². The lowest BCUT2D eigenvalue weighted by molar-refractivity contribution is -0.136. The van der Waals surface area contributed by atoms with Gasteiger partial charge in [-0.25, -0.2) is 0 Å². The van der Waals surface area contributed by atoms with Crippen LogP contribution in [0.4, 0.5) is 0 Å². The highest BCUT2D eigenvalue weighted by molar-refractivity contribution is 5.79. The van der Waals surface area contributed by atoms with Gasteiger partial charge in [0.2, 0.25) is 5.91 Å². The highest BCUT2D eigenvalue weighted by Crippen LogP contribution is 2.17. The van der Waals surface area contributed by atoms with E-state index in [9.17, 15) is 4.79 Å². The normalized spacial score (nSPS) is 32.2. The number of nitrogens with one attached hydrogen (secondary N) is 1. The molecule has 4 heteroatoms. The molecule has 2 fully saturated rings. The van der Waals surface area contributed by atoms with Crippen LogP contribution in [0.15, 0.2) is 0 Å². The first-order chi connectivity index (χ1) is 7.77. The zero-order chi connectivity index (χ0) is 11.4. The Hall–Kier alpha value is -0.610. The maximum Gasteiger partial charge on any atom is 0.227 e. The van der Waals surface area contributed by atoms with E-state index in [0.29, 0.717) is 18.6 Å². The number of nitrogens with zero attached hydrogens (tertiary/aromatic N) is 1. The quantitative estimate of drug-likeness (QED) is 0.713. The summed E-state index contributed by atoms with van der Waals surface area (Å²) < 4.78 is 5.37. The summed E-state index contributed by atoms with van der Waals surface area (Å²) in [5, 5.41) is 3.39. The Kier molecular flexibility index (Phi) is 4.18. The zero-order valence-electron chi connectivity index (χ0n) is 10.1. The molecule has 1 amide bonds. The van der Waals surface area contributed by atoms with Crippen molar-refractivity contribution in [2.24, 2.45) is 5.92 Å². The summed E-state index contributed by atoms with van der Waals surface area (Å²) in [5.41, 5.74) is 0. The van der Waals surface area contributed by atoms with Gasteiger partial charge >= 0.3 is 0 Å². The molecule has 0 aliphatic carbocycles. The van der Waals surface area contributed by atoms with Crippen molar-refractivity contribution < 1.29 is 9.53 Å². The monoisotopic (exact) mass is 226 g/mol. The van der Waals surface area contributed by atoms with Crippen LogP contribution < -0.4 is 5.32 Å². The van der Waals surface area contributed by atoms with Gasteiger partial charge < -0.3 is 15.0 Å². The molecule has 92 valence electrons. The lowest BCUT2D eigenvalue weighted by Crippen LogP contribution is -2.46. The van der Waals surface area contributed by atoms with Gasteiger partial charge in [0.05, 0.1) is 12.5 Å². The minimum Gasteiger partial charge on any atom is -0.380 e. The zero-order valence-corrected chi connectivity index (χ0v) is 10.1. The molecule has 0 saturated carbocycles. The molecule has 0 spiro atoms. The lowest BCUT2D eigenvalue weighted by atomic mass is 9.94. The summed E-state index contributed by atoms with van der Waals surface area (Å²) in [4.78, 5) is 14.2. The van der Waals surface area contributed by atoms with E-state index in [1.54, 1.807) is 0 Å². The summed E-state index contributed by atoms with van der Waals surface area (Å²) in [5.74, 6) is 0.513. The second-order valence-corrected chi connectivity index (χ2v) is 4.87. The first kappa shape index (κ1) is 11.9. The Labute approximate surface area is 97.3 Å². The first-order valence-corrected chi connectivity index (χ1v) is 6.37. The van der Waals surface area contributed by atoms with E-state index in [2.05, 4.69) is 12.2 Å². The van der Waals surface area contributed by atoms with Gasteiger partial charge in [0.15, 0.2) is 0 Å². The summed E-state index contributed by atoms with van der Waals surface area (Å²) in [7, 11) is 0. The number of hydrogen-bond donors (Lipinski definition) is 1. The number of piperidine rings is 1. The fourth-order valence-corrected chi connectivity index (χ4v) is 2.43. The van der Waals surface area contributed by atoms with Crippen LogP contribution in [0.25, 0.3) is 0 Å². The number of hydrogen-bond acceptors (Lipinski definition) is 3. The second-order valence-electron chi connectivity index (χ2n) is 4.87. The molecule has 2 unspecified atom stereocenters. The molecule has 4 nitrogen and oxygen atoms in total. The molecular weight excluding hydrogens is 204 g/mol. The molecule has 1 N–H and O–H groups in total. The van der Waals surface area contributed by atoms with Crippen molar-refractivity contribution in [3.63, 3.8) is 0 Å². The van der Waals surface area contributed by atoms with Crippen LogP contribution >= 0.6 is 0 Å². The number of rotatable bonds is 1. The molecular formula is C12H22N2O2. The van der Waals surface area contributed by atoms with Crippen molar-refractivity contribution in [3.8, 4) is 0 Å². The summed E-state index contributed by atoms with van der Waals surface area (Å²) >= 11 is 0. The summed E-state index contributed by atoms with van der Waals surface area (Å²) in [6.07, 6.45) is 3.12. The summed E-state index contributed by atoms with van der Waals surface area (Å²) in [6, 6.07) is 0.566. The van der Waals surface area contributed by atoms with Crippen molar-refractivity contribution in [2.75, 3.05) is 32.8 Å². The van der Waals surface area contributed by atoms with E-state index in [1.807, 2.05) is 4.90 Å². The molecule has 0 aromatic rings. The molecule has 2 aliphatic rings. The Bertz CT molecular complexity index is 229. The minimum atomic E-state index is 0.189. The van der Waals surface area contributed by atoms with Gasteiger partial charge in [0.25, 0.3) is 0 Å². The largest absolute Gasteiger partial charge is 0.380 e. The molecule has 0 radical (unpaired) electrons. The van der Waals surface area contributed by atoms with Gasteiger partial charge in [-0.2, -0.15) is 0 Å². The van der Waals surface area contributed by atoms with Crippen molar-refractivity contribution >= 4 is 5.91 Å². The molecule has 2 aliphatic heterocycles. The van der Waals surface area contributed by atoms with Crippen molar-refractivity contribution in [1.29, 1.82) is 0 Å². The molecule has 16 heavy (non-hydrogen) atoms. The van der Waals surface area contributed by atoms with E-state index in [1.165, 1.54) is 0 Å². The maximum absolute atomic E-state index is 12.2. The Morgan fingerprint density at radius 2 is 2.19 bits per heavy atom. The fraction of sp³-hybridized carbons (Fsp3) is 0.917. The smallest absolute Gasteiger partial charge is 0.227 e. The number of ether oxygens (including phenoxy) is 1. The van der Waals surface area contributed by atoms with Crippen molar-refractivity contribution in [2.45, 2.75) is 32.2 Å². The third kappa shape index (κ3) is 2.95. The van der Waals surface area contributed by atoms with Gasteiger partial charge in [-0.1, -0.05) is 0 Å². The van der Waals surface area contributed by atoms with Crippen LogP contribution in [0.1, 0.15) is 26.2 Å². The Balaban J connectivity index is 1.85. The third-order valence-corrected chi connectivity index (χ3v) is 3.54. The Morgan fingerprint density at radius 3 is 2.94 bits per heavy atom. The number of carbonyl (C=O) groups excluding carboxylic acids is 1. The number of carbonyl (C=O) groups is 1. The van der Waals surface area contributed by atoms with E-state index in [4.69, 9.17) is 4.74 Å². The first-order valence-electron chi connectivity index (χ1n) is 6.37. The van der Waals surface area contributed by atoms with Gasteiger partial charge in [0, 0.05) is 32.3 Å². The molecule has 2 atom stereocenters.